The number of nitrogens with zero attached hydrogens (tertiary/aromatic N) is 1. The number of hydrogen-bond donors (Lipinski definition) is 1. The Kier molecular flexibility index (Phi) is 6.48. The molecule has 1 N–H and O–H groups in total. The third kappa shape index (κ3) is 5.70. The molecule has 1 saturated heterocycles. The molecule has 120 valence electrons. The van der Waals surface area contributed by atoms with Gasteiger partial charge in [-0.15, -0.1) is 0 Å². The van der Waals surface area contributed by atoms with Crippen molar-refractivity contribution in [3.05, 3.63) is 0 Å². The maximum atomic E-state index is 11.7. The van der Waals surface area contributed by atoms with Gasteiger partial charge in [-0.1, -0.05) is 27.7 Å². The van der Waals surface area contributed by atoms with Crippen LogP contribution in [0.25, 0.3) is 0 Å². The molecule has 20 heavy (non-hydrogen) atoms. The predicted octanol–water partition coefficient (Wildman–Crippen LogP) is 2.46. The Morgan fingerprint density at radius 3 is 2.50 bits per heavy atom. The van der Waals surface area contributed by atoms with Gasteiger partial charge in [0.25, 0.3) is 0 Å². The van der Waals surface area contributed by atoms with Gasteiger partial charge in [0.05, 0.1) is 6.26 Å². The molecule has 1 rings (SSSR count). The molecule has 0 saturated carbocycles. The topological polar surface area (TPSA) is 49.4 Å². The molecule has 0 radical (unpaired) electrons. The van der Waals surface area contributed by atoms with Gasteiger partial charge in [-0.25, -0.2) is 12.7 Å². The van der Waals surface area contributed by atoms with Gasteiger partial charge >= 0.3 is 0 Å². The van der Waals surface area contributed by atoms with E-state index < -0.39 is 10.0 Å². The van der Waals surface area contributed by atoms with Crippen LogP contribution >= 0.6 is 0 Å². The van der Waals surface area contributed by atoms with Crippen LogP contribution in [0.15, 0.2) is 0 Å². The average molecular weight is 305 g/mol. The van der Waals surface area contributed by atoms with Crippen molar-refractivity contribution in [1.29, 1.82) is 0 Å². The third-order valence-corrected chi connectivity index (χ3v) is 5.48. The summed E-state index contributed by atoms with van der Waals surface area (Å²) in [7, 11) is -3.03. The molecule has 5 heteroatoms. The van der Waals surface area contributed by atoms with Gasteiger partial charge in [0, 0.05) is 19.1 Å². The molecule has 0 aliphatic carbocycles. The summed E-state index contributed by atoms with van der Waals surface area (Å²) in [4.78, 5) is 0. The maximum Gasteiger partial charge on any atom is 0.211 e. The summed E-state index contributed by atoms with van der Waals surface area (Å²) in [6.07, 6.45) is 5.66. The Bertz CT molecular complexity index is 387. The van der Waals surface area contributed by atoms with E-state index in [9.17, 15) is 8.42 Å². The first-order valence-corrected chi connectivity index (χ1v) is 9.68. The standard InChI is InChI=1S/C15H32N2O2S/c1-6-9-16-14(15(2,3)4)11-13-8-7-10-17(12-13)20(5,18)19/h13-14,16H,6-12H2,1-5H3. The average Bonchev–Trinajstić information content (AvgIpc) is 2.32. The van der Waals surface area contributed by atoms with Gasteiger partial charge in [-0.3, -0.25) is 0 Å². The van der Waals surface area contributed by atoms with Crippen molar-refractivity contribution < 1.29 is 8.42 Å². The maximum absolute atomic E-state index is 11.7. The van der Waals surface area contributed by atoms with Crippen molar-refractivity contribution in [2.45, 2.75) is 59.4 Å². The van der Waals surface area contributed by atoms with E-state index in [1.165, 1.54) is 6.26 Å². The molecule has 4 nitrogen and oxygen atoms in total. The summed E-state index contributed by atoms with van der Waals surface area (Å²) in [6, 6.07) is 0.451. The number of hydrogen-bond acceptors (Lipinski definition) is 3. The van der Waals surface area contributed by atoms with Gasteiger partial charge in [-0.2, -0.15) is 0 Å². The molecule has 0 aromatic heterocycles. The van der Waals surface area contributed by atoms with E-state index in [1.54, 1.807) is 4.31 Å². The van der Waals surface area contributed by atoms with E-state index in [1.807, 2.05) is 0 Å². The van der Waals surface area contributed by atoms with Gasteiger partial charge in [-0.05, 0) is 43.6 Å². The second-order valence-corrected chi connectivity index (χ2v) is 9.22. The van der Waals surface area contributed by atoms with Crippen LogP contribution in [0.5, 0.6) is 0 Å². The monoisotopic (exact) mass is 304 g/mol. The fourth-order valence-corrected chi connectivity index (χ4v) is 3.86. The van der Waals surface area contributed by atoms with Crippen LogP contribution in [0, 0.1) is 11.3 Å². The second-order valence-electron chi connectivity index (χ2n) is 7.24. The zero-order valence-corrected chi connectivity index (χ0v) is 14.6. The number of piperidine rings is 1. The minimum absolute atomic E-state index is 0.211. The molecule has 0 aromatic rings. The van der Waals surface area contributed by atoms with E-state index >= 15 is 0 Å². The molecule has 2 unspecified atom stereocenters. The van der Waals surface area contributed by atoms with Crippen LogP contribution in [0.4, 0.5) is 0 Å². The number of nitrogens with one attached hydrogen (secondary N) is 1. The highest BCUT2D eigenvalue weighted by Gasteiger charge is 2.31. The molecule has 1 heterocycles. The van der Waals surface area contributed by atoms with Crippen molar-refractivity contribution in [3.8, 4) is 0 Å². The summed E-state index contributed by atoms with van der Waals surface area (Å²) in [6.45, 7) is 11.4. The van der Waals surface area contributed by atoms with Crippen molar-refractivity contribution >= 4 is 10.0 Å². The highest BCUT2D eigenvalue weighted by Crippen LogP contribution is 2.29. The second kappa shape index (κ2) is 7.23. The Morgan fingerprint density at radius 2 is 2.00 bits per heavy atom. The van der Waals surface area contributed by atoms with Crippen molar-refractivity contribution in [3.63, 3.8) is 0 Å². The molecule has 2 atom stereocenters. The number of rotatable bonds is 6. The van der Waals surface area contributed by atoms with E-state index in [0.29, 0.717) is 25.0 Å². The molecule has 0 spiro atoms. The Morgan fingerprint density at radius 1 is 1.35 bits per heavy atom. The first-order valence-electron chi connectivity index (χ1n) is 7.83. The number of sulfonamides is 1. The molecular weight excluding hydrogens is 272 g/mol. The van der Waals surface area contributed by atoms with Crippen LogP contribution < -0.4 is 5.32 Å². The molecule has 0 aromatic carbocycles. The highest BCUT2D eigenvalue weighted by molar-refractivity contribution is 7.88. The molecule has 1 fully saturated rings. The van der Waals surface area contributed by atoms with E-state index in [4.69, 9.17) is 0 Å². The summed E-state index contributed by atoms with van der Waals surface area (Å²) >= 11 is 0. The Balaban J connectivity index is 2.64. The minimum atomic E-state index is -3.03. The summed E-state index contributed by atoms with van der Waals surface area (Å²) in [5.74, 6) is 0.479. The van der Waals surface area contributed by atoms with Crippen LogP contribution in [0.2, 0.25) is 0 Å². The van der Waals surface area contributed by atoms with E-state index in [2.05, 4.69) is 33.0 Å². The molecule has 1 aliphatic heterocycles. The van der Waals surface area contributed by atoms with Crippen LogP contribution in [-0.2, 0) is 10.0 Å². The largest absolute Gasteiger partial charge is 0.313 e. The quantitative estimate of drug-likeness (QED) is 0.820. The van der Waals surface area contributed by atoms with E-state index in [0.717, 1.165) is 32.2 Å². The summed E-state index contributed by atoms with van der Waals surface area (Å²) < 4.78 is 25.0. The SMILES string of the molecule is CCCNC(CC1CCCN(S(C)(=O)=O)C1)C(C)(C)C. The summed E-state index contributed by atoms with van der Waals surface area (Å²) in [5.41, 5.74) is 0.211. The van der Waals surface area contributed by atoms with Crippen molar-refractivity contribution in [2.24, 2.45) is 11.3 Å². The third-order valence-electron chi connectivity index (χ3n) is 4.21. The summed E-state index contributed by atoms with van der Waals surface area (Å²) in [5, 5.41) is 3.64. The molecule has 0 bridgehead atoms. The smallest absolute Gasteiger partial charge is 0.211 e. The van der Waals surface area contributed by atoms with Crippen LogP contribution in [0.3, 0.4) is 0 Å². The van der Waals surface area contributed by atoms with Crippen molar-refractivity contribution in [2.75, 3.05) is 25.9 Å². The lowest BCUT2D eigenvalue weighted by molar-refractivity contribution is 0.182. The first kappa shape index (κ1) is 17.9. The fraction of sp³-hybridized carbons (Fsp3) is 1.00. The fourth-order valence-electron chi connectivity index (χ4n) is 2.92. The Hall–Kier alpha value is -0.130. The normalized spacial score (nSPS) is 23.8. The lowest BCUT2D eigenvalue weighted by atomic mass is 9.79. The first-order chi connectivity index (χ1) is 9.14. The lowest BCUT2D eigenvalue weighted by Gasteiger charge is -2.38. The van der Waals surface area contributed by atoms with Crippen LogP contribution in [-0.4, -0.2) is 44.7 Å². The van der Waals surface area contributed by atoms with Gasteiger partial charge in [0.2, 0.25) is 10.0 Å². The molecule has 0 amide bonds. The minimum Gasteiger partial charge on any atom is -0.313 e. The predicted molar refractivity (Wildman–Crippen MR) is 85.3 cm³/mol. The highest BCUT2D eigenvalue weighted by atomic mass is 32.2. The molecule has 1 aliphatic rings. The molecular formula is C15H32N2O2S. The van der Waals surface area contributed by atoms with Gasteiger partial charge in [0.15, 0.2) is 0 Å². The van der Waals surface area contributed by atoms with Gasteiger partial charge in [0.1, 0.15) is 0 Å². The zero-order chi connectivity index (χ0) is 15.4. The van der Waals surface area contributed by atoms with E-state index in [-0.39, 0.29) is 5.41 Å². The lowest BCUT2D eigenvalue weighted by Crippen LogP contribution is -2.46. The van der Waals surface area contributed by atoms with Crippen LogP contribution in [0.1, 0.15) is 53.4 Å². The zero-order valence-electron chi connectivity index (χ0n) is 13.8. The van der Waals surface area contributed by atoms with Gasteiger partial charge < -0.3 is 5.32 Å². The Labute approximate surface area is 125 Å². The van der Waals surface area contributed by atoms with Crippen molar-refractivity contribution in [1.82, 2.24) is 9.62 Å².